The summed E-state index contributed by atoms with van der Waals surface area (Å²) in [6, 6.07) is 0. The Morgan fingerprint density at radius 2 is 2.56 bits per heavy atom. The summed E-state index contributed by atoms with van der Waals surface area (Å²) < 4.78 is 0. The van der Waals surface area contributed by atoms with E-state index in [1.165, 1.54) is 0 Å². The van der Waals surface area contributed by atoms with E-state index in [-0.39, 0.29) is 5.91 Å². The Morgan fingerprint density at radius 1 is 1.89 bits per heavy atom. The fourth-order valence-electron chi connectivity index (χ4n) is 0.514. The first kappa shape index (κ1) is 6.64. The molecule has 9 heavy (non-hydrogen) atoms. The van der Waals surface area contributed by atoms with Crippen LogP contribution in [0.25, 0.3) is 0 Å². The molecule has 1 amide bonds. The fraction of sp³-hybridized carbons (Fsp3) is 0.400. The van der Waals surface area contributed by atoms with E-state index in [9.17, 15) is 4.79 Å². The fourth-order valence-corrected chi connectivity index (χ4v) is 1.09. The van der Waals surface area contributed by atoms with Gasteiger partial charge >= 0.3 is 0 Å². The van der Waals surface area contributed by atoms with Crippen LogP contribution in [0.15, 0.2) is 11.1 Å². The van der Waals surface area contributed by atoms with Gasteiger partial charge in [-0.3, -0.25) is 4.79 Å². The summed E-state index contributed by atoms with van der Waals surface area (Å²) in [5, 5.41) is 13.0. The van der Waals surface area contributed by atoms with Crippen LogP contribution in [0.3, 0.4) is 0 Å². The van der Waals surface area contributed by atoms with Gasteiger partial charge in [0.2, 0.25) is 0 Å². The van der Waals surface area contributed by atoms with E-state index < -0.39 is 5.44 Å². The van der Waals surface area contributed by atoms with Crippen molar-refractivity contribution in [2.24, 2.45) is 0 Å². The molecule has 1 aliphatic rings. The number of carbonyl (C=O) groups is 1. The number of nitrogens with one attached hydrogen (secondary N) is 1. The van der Waals surface area contributed by atoms with Crippen LogP contribution in [0.2, 0.25) is 0 Å². The second kappa shape index (κ2) is 2.41. The summed E-state index contributed by atoms with van der Waals surface area (Å²) in [4.78, 5) is 10.6. The van der Waals surface area contributed by atoms with Crippen LogP contribution in [0.4, 0.5) is 0 Å². The van der Waals surface area contributed by atoms with Crippen LogP contribution in [0, 0.1) is 0 Å². The van der Waals surface area contributed by atoms with Gasteiger partial charge in [0, 0.05) is 5.70 Å². The van der Waals surface area contributed by atoms with E-state index >= 15 is 0 Å². The molecule has 4 heteroatoms. The maximum atomic E-state index is 10.6. The molecule has 0 aromatic heterocycles. The Labute approximate surface area is 57.1 Å². The van der Waals surface area contributed by atoms with Gasteiger partial charge in [-0.2, -0.15) is 0 Å². The smallest absolute Gasteiger partial charge is 0.263 e. The second-order valence-corrected chi connectivity index (χ2v) is 2.73. The first-order valence-corrected chi connectivity index (χ1v) is 3.45. The minimum atomic E-state index is -0.923. The van der Waals surface area contributed by atoms with Crippen LogP contribution in [0.5, 0.6) is 0 Å². The van der Waals surface area contributed by atoms with E-state index in [2.05, 4.69) is 5.32 Å². The number of thioether (sulfide) groups is 1. The Kier molecular flexibility index (Phi) is 1.78. The van der Waals surface area contributed by atoms with E-state index in [1.54, 1.807) is 12.3 Å². The van der Waals surface area contributed by atoms with Crippen molar-refractivity contribution in [3.63, 3.8) is 0 Å². The quantitative estimate of drug-likeness (QED) is 0.505. The average Bonchev–Trinajstić information content (AvgIpc) is 1.80. The van der Waals surface area contributed by atoms with Crippen molar-refractivity contribution in [3.8, 4) is 0 Å². The van der Waals surface area contributed by atoms with Gasteiger partial charge in [-0.15, -0.1) is 0 Å². The van der Waals surface area contributed by atoms with Gasteiger partial charge in [0.1, 0.15) is 0 Å². The van der Waals surface area contributed by atoms with Gasteiger partial charge in [0.25, 0.3) is 5.91 Å². The van der Waals surface area contributed by atoms with E-state index in [1.807, 2.05) is 0 Å². The van der Waals surface area contributed by atoms with Crippen molar-refractivity contribution >= 4 is 17.7 Å². The Balaban J connectivity index is 2.65. The molecule has 1 heterocycles. The van der Waals surface area contributed by atoms with Crippen molar-refractivity contribution in [2.75, 3.05) is 0 Å². The monoisotopic (exact) mass is 145 g/mol. The summed E-state index contributed by atoms with van der Waals surface area (Å²) in [5.74, 6) is -0.333. The highest BCUT2D eigenvalue weighted by molar-refractivity contribution is 8.03. The van der Waals surface area contributed by atoms with E-state index in [0.29, 0.717) is 0 Å². The molecule has 50 valence electrons. The lowest BCUT2D eigenvalue weighted by Gasteiger charge is -2.14. The molecule has 0 aromatic carbocycles. The molecular formula is C5H7NO2S. The van der Waals surface area contributed by atoms with Gasteiger partial charge in [-0.05, 0) is 12.3 Å². The zero-order valence-electron chi connectivity index (χ0n) is 4.92. The number of carbonyl (C=O) groups excluding carboxylic acids is 1. The van der Waals surface area contributed by atoms with Crippen LogP contribution in [-0.2, 0) is 4.79 Å². The molecule has 0 fully saturated rings. The molecule has 1 rings (SSSR count). The summed E-state index contributed by atoms with van der Waals surface area (Å²) >= 11 is 1.12. The number of aliphatic hydroxyl groups is 1. The molecule has 0 spiro atoms. The van der Waals surface area contributed by atoms with Gasteiger partial charge in [-0.25, -0.2) is 0 Å². The van der Waals surface area contributed by atoms with E-state index in [0.717, 1.165) is 17.5 Å². The van der Waals surface area contributed by atoms with Crippen LogP contribution < -0.4 is 5.32 Å². The SMILES string of the molecule is CC1=CSC(O)C(=O)N1. The number of rotatable bonds is 0. The van der Waals surface area contributed by atoms with Crippen molar-refractivity contribution in [3.05, 3.63) is 11.1 Å². The molecule has 2 N–H and O–H groups in total. The zero-order valence-corrected chi connectivity index (χ0v) is 5.73. The Hall–Kier alpha value is -0.480. The van der Waals surface area contributed by atoms with Crippen LogP contribution in [0.1, 0.15) is 6.92 Å². The number of allylic oxidation sites excluding steroid dienone is 1. The maximum absolute atomic E-state index is 10.6. The normalized spacial score (nSPS) is 27.1. The third-order valence-electron chi connectivity index (χ3n) is 0.918. The number of aliphatic hydroxyl groups excluding tert-OH is 1. The predicted octanol–water partition coefficient (Wildman–Crippen LogP) is 0.0291. The highest BCUT2D eigenvalue weighted by Gasteiger charge is 2.17. The summed E-state index contributed by atoms with van der Waals surface area (Å²) in [6.45, 7) is 1.77. The number of hydrogen-bond donors (Lipinski definition) is 2. The first-order chi connectivity index (χ1) is 4.20. The Morgan fingerprint density at radius 3 is 3.00 bits per heavy atom. The van der Waals surface area contributed by atoms with Gasteiger partial charge in [0.15, 0.2) is 5.44 Å². The first-order valence-electron chi connectivity index (χ1n) is 2.51. The van der Waals surface area contributed by atoms with Gasteiger partial charge < -0.3 is 10.4 Å². The third kappa shape index (κ3) is 1.46. The summed E-state index contributed by atoms with van der Waals surface area (Å²) in [6.07, 6.45) is 0. The minimum absolute atomic E-state index is 0.333. The van der Waals surface area contributed by atoms with E-state index in [4.69, 9.17) is 5.11 Å². The molecular weight excluding hydrogens is 138 g/mol. The number of hydrogen-bond acceptors (Lipinski definition) is 3. The van der Waals surface area contributed by atoms with Crippen molar-refractivity contribution in [1.29, 1.82) is 0 Å². The van der Waals surface area contributed by atoms with Crippen molar-refractivity contribution in [1.82, 2.24) is 5.32 Å². The molecule has 0 saturated heterocycles. The summed E-state index contributed by atoms with van der Waals surface area (Å²) in [5.41, 5.74) is -0.135. The Bertz CT molecular complexity index is 166. The topological polar surface area (TPSA) is 49.3 Å². The molecule has 0 aromatic rings. The maximum Gasteiger partial charge on any atom is 0.263 e. The molecule has 0 radical (unpaired) electrons. The molecule has 0 saturated carbocycles. The lowest BCUT2D eigenvalue weighted by molar-refractivity contribution is -0.124. The lowest BCUT2D eigenvalue weighted by atomic mass is 10.5. The average molecular weight is 145 g/mol. The molecule has 1 aliphatic heterocycles. The standard InChI is InChI=1S/C5H7NO2S/c1-3-2-9-5(8)4(7)6-3/h2,5,8H,1H3,(H,6,7). The van der Waals surface area contributed by atoms with Gasteiger partial charge in [-0.1, -0.05) is 11.8 Å². The van der Waals surface area contributed by atoms with Gasteiger partial charge in [0.05, 0.1) is 0 Å². The minimum Gasteiger partial charge on any atom is -0.373 e. The molecule has 1 unspecified atom stereocenters. The summed E-state index contributed by atoms with van der Waals surface area (Å²) in [7, 11) is 0. The molecule has 3 nitrogen and oxygen atoms in total. The second-order valence-electron chi connectivity index (χ2n) is 1.78. The largest absolute Gasteiger partial charge is 0.373 e. The molecule has 0 bridgehead atoms. The predicted molar refractivity (Wildman–Crippen MR) is 35.5 cm³/mol. The lowest BCUT2D eigenvalue weighted by Crippen LogP contribution is -2.33. The van der Waals surface area contributed by atoms with Crippen molar-refractivity contribution in [2.45, 2.75) is 12.4 Å². The highest BCUT2D eigenvalue weighted by atomic mass is 32.2. The van der Waals surface area contributed by atoms with Crippen molar-refractivity contribution < 1.29 is 9.90 Å². The number of amides is 1. The third-order valence-corrected chi connectivity index (χ3v) is 1.88. The van der Waals surface area contributed by atoms with Crippen LogP contribution in [-0.4, -0.2) is 16.4 Å². The highest BCUT2D eigenvalue weighted by Crippen LogP contribution is 2.16. The van der Waals surface area contributed by atoms with Crippen LogP contribution >= 0.6 is 11.8 Å². The molecule has 0 aliphatic carbocycles. The molecule has 1 atom stereocenters. The zero-order chi connectivity index (χ0) is 6.85.